The summed E-state index contributed by atoms with van der Waals surface area (Å²) in [4.78, 5) is 4.83. The van der Waals surface area contributed by atoms with Crippen molar-refractivity contribution < 1.29 is 4.74 Å². The number of nitrogens with zero attached hydrogens (tertiary/aromatic N) is 2. The lowest BCUT2D eigenvalue weighted by Gasteiger charge is -2.32. The molecule has 106 valence electrons. The Balaban J connectivity index is 2.19. The molecule has 0 aromatic heterocycles. The summed E-state index contributed by atoms with van der Waals surface area (Å²) in [6.07, 6.45) is 1.17. The summed E-state index contributed by atoms with van der Waals surface area (Å²) < 4.78 is 5.22. The van der Waals surface area contributed by atoms with Gasteiger partial charge in [0.25, 0.3) is 0 Å². The van der Waals surface area contributed by atoms with E-state index in [1.54, 1.807) is 7.11 Å². The first kappa shape index (κ1) is 14.2. The Morgan fingerprint density at radius 1 is 1.32 bits per heavy atom. The van der Waals surface area contributed by atoms with Crippen LogP contribution in [0, 0.1) is 0 Å². The minimum atomic E-state index is 0.423. The van der Waals surface area contributed by atoms with Crippen LogP contribution in [0.15, 0.2) is 24.3 Å². The molecule has 2 atom stereocenters. The number of rotatable bonds is 3. The molecule has 0 radical (unpaired) electrons. The molecule has 1 aliphatic heterocycles. The molecular formula is C15H25N3O. The maximum atomic E-state index is 5.91. The van der Waals surface area contributed by atoms with E-state index >= 15 is 0 Å². The first-order valence-corrected chi connectivity index (χ1v) is 6.96. The van der Waals surface area contributed by atoms with Crippen molar-refractivity contribution in [1.29, 1.82) is 0 Å². The lowest BCUT2D eigenvalue weighted by atomic mass is 10.1. The van der Waals surface area contributed by atoms with Crippen molar-refractivity contribution in [2.45, 2.75) is 25.4 Å². The van der Waals surface area contributed by atoms with Crippen LogP contribution in [0.3, 0.4) is 0 Å². The molecule has 1 aromatic rings. The van der Waals surface area contributed by atoms with Crippen LogP contribution in [0.5, 0.6) is 5.75 Å². The third kappa shape index (κ3) is 3.19. The minimum Gasteiger partial charge on any atom is -0.497 e. The highest BCUT2D eigenvalue weighted by Gasteiger charge is 2.25. The summed E-state index contributed by atoms with van der Waals surface area (Å²) in [5.41, 5.74) is 7.16. The summed E-state index contributed by atoms with van der Waals surface area (Å²) in [7, 11) is 3.87. The molecule has 0 bridgehead atoms. The summed E-state index contributed by atoms with van der Waals surface area (Å²) >= 11 is 0. The molecule has 0 spiro atoms. The largest absolute Gasteiger partial charge is 0.497 e. The standard InChI is InChI=1S/C15H25N3O/c1-12-8-9-17(2)14(10-16)11-18(12)13-4-6-15(19-3)7-5-13/h4-7,12,14H,8-11,16H2,1-3H3. The van der Waals surface area contributed by atoms with Crippen molar-refractivity contribution in [2.75, 3.05) is 38.7 Å². The number of ether oxygens (including phenoxy) is 1. The Bertz CT molecular complexity index is 393. The molecule has 1 saturated heterocycles. The lowest BCUT2D eigenvalue weighted by Crippen LogP contribution is -2.45. The van der Waals surface area contributed by atoms with Gasteiger partial charge in [-0.15, -0.1) is 0 Å². The zero-order chi connectivity index (χ0) is 13.8. The first-order chi connectivity index (χ1) is 9.15. The van der Waals surface area contributed by atoms with Gasteiger partial charge in [-0.25, -0.2) is 0 Å². The summed E-state index contributed by atoms with van der Waals surface area (Å²) in [5, 5.41) is 0. The monoisotopic (exact) mass is 263 g/mol. The highest BCUT2D eigenvalue weighted by Crippen LogP contribution is 2.24. The molecule has 2 N–H and O–H groups in total. The number of nitrogens with two attached hydrogens (primary N) is 1. The molecule has 4 nitrogen and oxygen atoms in total. The van der Waals surface area contributed by atoms with Gasteiger partial charge in [-0.05, 0) is 44.7 Å². The number of methoxy groups -OCH3 is 1. The van der Waals surface area contributed by atoms with E-state index in [1.807, 2.05) is 12.1 Å². The van der Waals surface area contributed by atoms with Crippen LogP contribution < -0.4 is 15.4 Å². The Morgan fingerprint density at radius 2 is 2.00 bits per heavy atom. The average Bonchev–Trinajstić information content (AvgIpc) is 2.59. The molecule has 1 fully saturated rings. The van der Waals surface area contributed by atoms with Gasteiger partial charge < -0.3 is 20.3 Å². The average molecular weight is 263 g/mol. The molecule has 2 unspecified atom stereocenters. The first-order valence-electron chi connectivity index (χ1n) is 6.96. The van der Waals surface area contributed by atoms with Crippen molar-refractivity contribution >= 4 is 5.69 Å². The van der Waals surface area contributed by atoms with Gasteiger partial charge in [0.15, 0.2) is 0 Å². The van der Waals surface area contributed by atoms with E-state index in [4.69, 9.17) is 10.5 Å². The van der Waals surface area contributed by atoms with Crippen molar-refractivity contribution in [2.24, 2.45) is 5.73 Å². The van der Waals surface area contributed by atoms with Crippen LogP contribution in [0.4, 0.5) is 5.69 Å². The van der Waals surface area contributed by atoms with E-state index in [2.05, 4.69) is 35.9 Å². The van der Waals surface area contributed by atoms with Gasteiger partial charge in [-0.3, -0.25) is 0 Å². The minimum absolute atomic E-state index is 0.423. The molecular weight excluding hydrogens is 238 g/mol. The van der Waals surface area contributed by atoms with Crippen LogP contribution in [0.25, 0.3) is 0 Å². The van der Waals surface area contributed by atoms with E-state index in [0.717, 1.165) is 18.8 Å². The predicted octanol–water partition coefficient (Wildman–Crippen LogP) is 1.55. The van der Waals surface area contributed by atoms with E-state index in [-0.39, 0.29) is 0 Å². The van der Waals surface area contributed by atoms with Gasteiger partial charge in [-0.2, -0.15) is 0 Å². The number of hydrogen-bond acceptors (Lipinski definition) is 4. The molecule has 2 rings (SSSR count). The number of likely N-dealkylation sites (N-methyl/N-ethyl adjacent to an activating group) is 1. The number of anilines is 1. The Morgan fingerprint density at radius 3 is 2.58 bits per heavy atom. The SMILES string of the molecule is COc1ccc(N2CC(CN)N(C)CCC2C)cc1. The van der Waals surface area contributed by atoms with E-state index < -0.39 is 0 Å². The molecule has 19 heavy (non-hydrogen) atoms. The van der Waals surface area contributed by atoms with Gasteiger partial charge in [0.05, 0.1) is 7.11 Å². The van der Waals surface area contributed by atoms with Crippen molar-refractivity contribution in [3.63, 3.8) is 0 Å². The fraction of sp³-hybridized carbons (Fsp3) is 0.600. The normalized spacial score (nSPS) is 25.2. The van der Waals surface area contributed by atoms with E-state index in [9.17, 15) is 0 Å². The molecule has 0 amide bonds. The Hall–Kier alpha value is -1.26. The van der Waals surface area contributed by atoms with E-state index in [0.29, 0.717) is 18.6 Å². The zero-order valence-corrected chi connectivity index (χ0v) is 12.2. The van der Waals surface area contributed by atoms with Crippen LogP contribution in [0.2, 0.25) is 0 Å². The van der Waals surface area contributed by atoms with Gasteiger partial charge in [0, 0.05) is 37.4 Å². The number of benzene rings is 1. The van der Waals surface area contributed by atoms with Crippen LogP contribution in [-0.2, 0) is 0 Å². The van der Waals surface area contributed by atoms with Gasteiger partial charge in [0.2, 0.25) is 0 Å². The maximum absolute atomic E-state index is 5.91. The molecule has 1 aromatic carbocycles. The zero-order valence-electron chi connectivity index (χ0n) is 12.2. The summed E-state index contributed by atoms with van der Waals surface area (Å²) in [5.74, 6) is 0.902. The topological polar surface area (TPSA) is 41.7 Å². The molecule has 1 heterocycles. The molecule has 4 heteroatoms. The van der Waals surface area contributed by atoms with Crippen LogP contribution >= 0.6 is 0 Å². The fourth-order valence-corrected chi connectivity index (χ4v) is 2.66. The van der Waals surface area contributed by atoms with Crippen molar-refractivity contribution in [3.8, 4) is 5.75 Å². The second-order valence-electron chi connectivity index (χ2n) is 5.36. The second kappa shape index (κ2) is 6.26. The lowest BCUT2D eigenvalue weighted by molar-refractivity contribution is 0.265. The Labute approximate surface area is 116 Å². The fourth-order valence-electron chi connectivity index (χ4n) is 2.66. The molecule has 0 aliphatic carbocycles. The quantitative estimate of drug-likeness (QED) is 0.898. The summed E-state index contributed by atoms with van der Waals surface area (Å²) in [6, 6.07) is 9.27. The molecule has 0 saturated carbocycles. The van der Waals surface area contributed by atoms with Crippen LogP contribution in [-0.4, -0.2) is 50.8 Å². The molecule has 1 aliphatic rings. The second-order valence-corrected chi connectivity index (χ2v) is 5.36. The van der Waals surface area contributed by atoms with Crippen molar-refractivity contribution in [1.82, 2.24) is 4.90 Å². The van der Waals surface area contributed by atoms with Crippen LogP contribution in [0.1, 0.15) is 13.3 Å². The highest BCUT2D eigenvalue weighted by molar-refractivity contribution is 5.50. The van der Waals surface area contributed by atoms with Crippen molar-refractivity contribution in [3.05, 3.63) is 24.3 Å². The smallest absolute Gasteiger partial charge is 0.119 e. The highest BCUT2D eigenvalue weighted by atomic mass is 16.5. The summed E-state index contributed by atoms with van der Waals surface area (Å²) in [6.45, 7) is 5.09. The predicted molar refractivity (Wildman–Crippen MR) is 79.9 cm³/mol. The van der Waals surface area contributed by atoms with Gasteiger partial charge in [-0.1, -0.05) is 0 Å². The van der Waals surface area contributed by atoms with E-state index in [1.165, 1.54) is 12.1 Å². The third-order valence-corrected chi connectivity index (χ3v) is 4.14. The van der Waals surface area contributed by atoms with Gasteiger partial charge in [0.1, 0.15) is 5.75 Å². The Kier molecular flexibility index (Phi) is 4.66. The third-order valence-electron chi connectivity index (χ3n) is 4.14. The van der Waals surface area contributed by atoms with Gasteiger partial charge >= 0.3 is 0 Å². The number of hydrogen-bond donors (Lipinski definition) is 1. The maximum Gasteiger partial charge on any atom is 0.119 e.